The Balaban J connectivity index is 1.66. The topological polar surface area (TPSA) is 77.8 Å². The molecule has 0 spiro atoms. The van der Waals surface area contributed by atoms with Crippen LogP contribution in [0.15, 0.2) is 34.9 Å². The number of carbonyl (C=O) groups excluding carboxylic acids is 1. The van der Waals surface area contributed by atoms with Crippen molar-refractivity contribution in [2.75, 3.05) is 0 Å². The van der Waals surface area contributed by atoms with Crippen molar-refractivity contribution in [2.24, 2.45) is 29.1 Å². The Morgan fingerprint density at radius 3 is 2.76 bits per heavy atom. The van der Waals surface area contributed by atoms with Crippen molar-refractivity contribution in [3.63, 3.8) is 0 Å². The van der Waals surface area contributed by atoms with Gasteiger partial charge >= 0.3 is 0 Å². The lowest BCUT2D eigenvalue weighted by Crippen LogP contribution is -2.37. The van der Waals surface area contributed by atoms with Gasteiger partial charge in [-0.2, -0.15) is 0 Å². The number of ketones is 1. The first-order chi connectivity index (χ1) is 13.7. The summed E-state index contributed by atoms with van der Waals surface area (Å²) >= 11 is 0. The van der Waals surface area contributed by atoms with E-state index in [0.717, 1.165) is 32.1 Å². The van der Waals surface area contributed by atoms with Crippen molar-refractivity contribution in [1.29, 1.82) is 0 Å². The zero-order chi connectivity index (χ0) is 20.9. The molecule has 4 aliphatic rings. The van der Waals surface area contributed by atoms with Crippen LogP contribution < -0.4 is 0 Å². The molecule has 0 radical (unpaired) electrons. The third kappa shape index (κ3) is 3.68. The number of allylic oxidation sites excluding steroid dienone is 4. The van der Waals surface area contributed by atoms with Gasteiger partial charge in [-0.1, -0.05) is 35.8 Å². The van der Waals surface area contributed by atoms with Gasteiger partial charge in [0, 0.05) is 11.8 Å². The fraction of sp³-hybridized carbons (Fsp3) is 0.720. The van der Waals surface area contributed by atoms with Gasteiger partial charge in [-0.05, 0) is 82.1 Å². The molecule has 0 saturated heterocycles. The van der Waals surface area contributed by atoms with Crippen LogP contribution in [0, 0.1) is 29.1 Å². The Kier molecular flexibility index (Phi) is 5.65. The summed E-state index contributed by atoms with van der Waals surface area (Å²) in [6.07, 6.45) is 10.4. The number of hydrogen-bond acceptors (Lipinski definition) is 4. The molecule has 0 amide bonds. The fourth-order valence-corrected chi connectivity index (χ4v) is 6.82. The second kappa shape index (κ2) is 7.79. The molecule has 0 aromatic rings. The second-order valence-electron chi connectivity index (χ2n) is 10.3. The minimum Gasteiger partial charge on any atom is -0.393 e. The van der Waals surface area contributed by atoms with Crippen LogP contribution in [0.1, 0.15) is 65.7 Å². The predicted molar refractivity (Wildman–Crippen MR) is 113 cm³/mol. The Labute approximate surface area is 174 Å². The lowest BCUT2D eigenvalue weighted by molar-refractivity contribution is -0.119. The Morgan fingerprint density at radius 1 is 1.28 bits per heavy atom. The summed E-state index contributed by atoms with van der Waals surface area (Å²) in [6, 6.07) is 0. The third-order valence-corrected chi connectivity index (χ3v) is 8.44. The highest BCUT2D eigenvalue weighted by molar-refractivity contribution is 5.93. The SMILES string of the molecule is C/C(=C\[C@@H](O)[C@@H](C)O)[C@@H]1CC[C@H]2C3=CC(=O)[C@H]4CC(=CC[C@H](O)C4)[C@H]3CC[C@@]21C. The van der Waals surface area contributed by atoms with Crippen LogP contribution in [-0.2, 0) is 4.79 Å². The molecular formula is C25H36O4. The van der Waals surface area contributed by atoms with Gasteiger partial charge in [-0.15, -0.1) is 0 Å². The number of fused-ring (bicyclic) bond motifs is 6. The number of carbonyl (C=O) groups is 1. The van der Waals surface area contributed by atoms with E-state index in [1.807, 2.05) is 12.2 Å². The van der Waals surface area contributed by atoms with E-state index in [9.17, 15) is 20.1 Å². The standard InChI is InChI=1S/C25H36O4/c1-14(10-23(28)15(2)26)21-6-7-22-20-13-24(29)17-11-16(4-5-18(27)12-17)19(20)8-9-25(21,22)3/h4,10,13,15,17-19,21-23,26-28H,5-9,11-12H2,1-3H3/b14-10+/t15-,17+,18+,19-,21+,22+,23-,25-/m1/s1. The van der Waals surface area contributed by atoms with Crippen molar-refractivity contribution < 1.29 is 20.1 Å². The summed E-state index contributed by atoms with van der Waals surface area (Å²) in [5.41, 5.74) is 3.97. The maximum atomic E-state index is 13.0. The summed E-state index contributed by atoms with van der Waals surface area (Å²) in [6.45, 7) is 6.07. The van der Waals surface area contributed by atoms with Crippen molar-refractivity contribution >= 4 is 5.78 Å². The highest BCUT2D eigenvalue weighted by Crippen LogP contribution is 2.62. The zero-order valence-electron chi connectivity index (χ0n) is 18.0. The number of aliphatic hydroxyl groups is 3. The van der Waals surface area contributed by atoms with Gasteiger partial charge in [0.1, 0.15) is 0 Å². The van der Waals surface area contributed by atoms with Crippen LogP contribution >= 0.6 is 0 Å². The number of hydrogen-bond donors (Lipinski definition) is 3. The summed E-state index contributed by atoms with van der Waals surface area (Å²) in [5, 5.41) is 30.0. The van der Waals surface area contributed by atoms with Gasteiger partial charge in [0.2, 0.25) is 0 Å². The van der Waals surface area contributed by atoms with Crippen LogP contribution in [0.3, 0.4) is 0 Å². The molecule has 29 heavy (non-hydrogen) atoms. The van der Waals surface area contributed by atoms with Gasteiger partial charge in [-0.3, -0.25) is 4.79 Å². The van der Waals surface area contributed by atoms with E-state index in [1.165, 1.54) is 16.7 Å². The summed E-state index contributed by atoms with van der Waals surface area (Å²) in [7, 11) is 0. The molecule has 0 aromatic carbocycles. The molecule has 0 unspecified atom stereocenters. The smallest absolute Gasteiger partial charge is 0.159 e. The van der Waals surface area contributed by atoms with Crippen LogP contribution in [0.2, 0.25) is 0 Å². The molecule has 4 rings (SSSR count). The number of aliphatic hydroxyl groups excluding tert-OH is 3. The largest absolute Gasteiger partial charge is 0.393 e. The summed E-state index contributed by atoms with van der Waals surface area (Å²) < 4.78 is 0. The first-order valence-corrected chi connectivity index (χ1v) is 11.4. The van der Waals surface area contributed by atoms with E-state index < -0.39 is 18.3 Å². The van der Waals surface area contributed by atoms with Gasteiger partial charge in [0.15, 0.2) is 5.78 Å². The first kappa shape index (κ1) is 21.0. The average Bonchev–Trinajstić information content (AvgIpc) is 2.80. The highest BCUT2D eigenvalue weighted by atomic mass is 16.3. The predicted octanol–water partition coefficient (Wildman–Crippen LogP) is 3.71. The van der Waals surface area contributed by atoms with E-state index in [-0.39, 0.29) is 17.1 Å². The van der Waals surface area contributed by atoms with Crippen LogP contribution in [0.4, 0.5) is 0 Å². The average molecular weight is 401 g/mol. The Bertz CT molecular complexity index is 761. The molecule has 2 saturated carbocycles. The van der Waals surface area contributed by atoms with Crippen LogP contribution in [-0.4, -0.2) is 39.4 Å². The molecule has 3 N–H and O–H groups in total. The van der Waals surface area contributed by atoms with E-state index in [2.05, 4.69) is 19.9 Å². The molecule has 2 fully saturated rings. The minimum absolute atomic E-state index is 0.0665. The van der Waals surface area contributed by atoms with Crippen molar-refractivity contribution in [3.8, 4) is 0 Å². The molecule has 0 heterocycles. The Morgan fingerprint density at radius 2 is 2.03 bits per heavy atom. The number of rotatable bonds is 3. The van der Waals surface area contributed by atoms with Crippen molar-refractivity contribution in [1.82, 2.24) is 0 Å². The van der Waals surface area contributed by atoms with E-state index >= 15 is 0 Å². The lowest BCUT2D eigenvalue weighted by atomic mass is 9.58. The molecule has 0 aliphatic heterocycles. The van der Waals surface area contributed by atoms with Crippen molar-refractivity contribution in [3.05, 3.63) is 34.9 Å². The molecular weight excluding hydrogens is 364 g/mol. The van der Waals surface area contributed by atoms with Crippen LogP contribution in [0.5, 0.6) is 0 Å². The zero-order valence-corrected chi connectivity index (χ0v) is 18.0. The fourth-order valence-electron chi connectivity index (χ4n) is 6.82. The van der Waals surface area contributed by atoms with Crippen LogP contribution in [0.25, 0.3) is 0 Å². The second-order valence-corrected chi connectivity index (χ2v) is 10.3. The van der Waals surface area contributed by atoms with Gasteiger partial charge in [-0.25, -0.2) is 0 Å². The highest BCUT2D eigenvalue weighted by Gasteiger charge is 2.53. The minimum atomic E-state index is -0.827. The first-order valence-electron chi connectivity index (χ1n) is 11.4. The van der Waals surface area contributed by atoms with Gasteiger partial charge < -0.3 is 15.3 Å². The molecule has 4 nitrogen and oxygen atoms in total. The van der Waals surface area contributed by atoms with Crippen molar-refractivity contribution in [2.45, 2.75) is 84.0 Å². The van der Waals surface area contributed by atoms with Gasteiger partial charge in [0.05, 0.1) is 18.3 Å². The molecule has 160 valence electrons. The molecule has 0 aromatic heterocycles. The summed E-state index contributed by atoms with van der Waals surface area (Å²) in [4.78, 5) is 13.0. The molecule has 8 atom stereocenters. The third-order valence-electron chi connectivity index (χ3n) is 8.44. The lowest BCUT2D eigenvalue weighted by Gasteiger charge is -2.46. The van der Waals surface area contributed by atoms with E-state index in [1.54, 1.807) is 6.92 Å². The van der Waals surface area contributed by atoms with Gasteiger partial charge in [0.25, 0.3) is 0 Å². The molecule has 4 heteroatoms. The maximum absolute atomic E-state index is 13.0. The summed E-state index contributed by atoms with van der Waals surface area (Å²) in [5.74, 6) is 1.27. The van der Waals surface area contributed by atoms with E-state index in [0.29, 0.717) is 30.6 Å². The van der Waals surface area contributed by atoms with E-state index in [4.69, 9.17) is 0 Å². The molecule has 4 aliphatic carbocycles. The quantitative estimate of drug-likeness (QED) is 0.631. The monoisotopic (exact) mass is 400 g/mol. The molecule has 2 bridgehead atoms. The maximum Gasteiger partial charge on any atom is 0.159 e. The Hall–Kier alpha value is -1.23. The normalized spacial score (nSPS) is 42.1.